The zero-order valence-electron chi connectivity index (χ0n) is 11.3. The van der Waals surface area contributed by atoms with Gasteiger partial charge in [-0.1, -0.05) is 37.3 Å². The van der Waals surface area contributed by atoms with E-state index in [-0.39, 0.29) is 0 Å². The van der Waals surface area contributed by atoms with Crippen molar-refractivity contribution >= 4 is 11.8 Å². The standard InChI is InChI=1S/C16H19NOS/c1-3-17-12-13-8-4-5-9-14(13)18-15-10-6-7-11-16(15)19-2/h4-11,17H,3,12H2,1-2H3. The maximum absolute atomic E-state index is 6.07. The van der Waals surface area contributed by atoms with Gasteiger partial charge in [-0.25, -0.2) is 0 Å². The summed E-state index contributed by atoms with van der Waals surface area (Å²) >= 11 is 1.70. The number of hydrogen-bond acceptors (Lipinski definition) is 3. The van der Waals surface area contributed by atoms with Crippen molar-refractivity contribution in [2.75, 3.05) is 12.8 Å². The number of rotatable bonds is 6. The van der Waals surface area contributed by atoms with Crippen molar-refractivity contribution in [1.82, 2.24) is 5.32 Å². The van der Waals surface area contributed by atoms with Gasteiger partial charge in [0, 0.05) is 17.0 Å². The van der Waals surface area contributed by atoms with E-state index in [1.165, 1.54) is 5.56 Å². The zero-order valence-corrected chi connectivity index (χ0v) is 12.2. The van der Waals surface area contributed by atoms with Crippen molar-refractivity contribution in [2.24, 2.45) is 0 Å². The Morgan fingerprint density at radius 1 is 1.00 bits per heavy atom. The van der Waals surface area contributed by atoms with Crippen molar-refractivity contribution in [3.63, 3.8) is 0 Å². The third-order valence-corrected chi connectivity index (χ3v) is 3.60. The summed E-state index contributed by atoms with van der Waals surface area (Å²) in [6.07, 6.45) is 2.06. The molecule has 0 saturated carbocycles. The smallest absolute Gasteiger partial charge is 0.140 e. The topological polar surface area (TPSA) is 21.3 Å². The zero-order chi connectivity index (χ0) is 13.5. The van der Waals surface area contributed by atoms with Crippen LogP contribution in [0.1, 0.15) is 12.5 Å². The van der Waals surface area contributed by atoms with Crippen molar-refractivity contribution < 1.29 is 4.74 Å². The first kappa shape index (κ1) is 14.0. The fourth-order valence-electron chi connectivity index (χ4n) is 1.83. The molecule has 0 unspecified atom stereocenters. The maximum atomic E-state index is 6.07. The van der Waals surface area contributed by atoms with Crippen LogP contribution in [-0.2, 0) is 6.54 Å². The highest BCUT2D eigenvalue weighted by molar-refractivity contribution is 7.98. The van der Waals surface area contributed by atoms with E-state index in [4.69, 9.17) is 4.74 Å². The summed E-state index contributed by atoms with van der Waals surface area (Å²) in [6.45, 7) is 3.89. The minimum Gasteiger partial charge on any atom is -0.456 e. The number of benzene rings is 2. The van der Waals surface area contributed by atoms with E-state index in [0.717, 1.165) is 29.5 Å². The van der Waals surface area contributed by atoms with Gasteiger partial charge < -0.3 is 10.1 Å². The number of thioether (sulfide) groups is 1. The molecule has 0 amide bonds. The lowest BCUT2D eigenvalue weighted by molar-refractivity contribution is 0.462. The summed E-state index contributed by atoms with van der Waals surface area (Å²) in [5.41, 5.74) is 1.18. The fraction of sp³-hybridized carbons (Fsp3) is 0.250. The summed E-state index contributed by atoms with van der Waals surface area (Å²) in [5, 5.41) is 3.33. The fourth-order valence-corrected chi connectivity index (χ4v) is 2.36. The van der Waals surface area contributed by atoms with Gasteiger partial charge in [0.05, 0.1) is 0 Å². The van der Waals surface area contributed by atoms with Gasteiger partial charge in [-0.3, -0.25) is 0 Å². The Morgan fingerprint density at radius 2 is 1.68 bits per heavy atom. The van der Waals surface area contributed by atoms with Gasteiger partial charge in [0.25, 0.3) is 0 Å². The van der Waals surface area contributed by atoms with E-state index < -0.39 is 0 Å². The van der Waals surface area contributed by atoms with Crippen molar-refractivity contribution in [3.05, 3.63) is 54.1 Å². The summed E-state index contributed by atoms with van der Waals surface area (Å²) in [6, 6.07) is 16.3. The van der Waals surface area contributed by atoms with Gasteiger partial charge in [0.2, 0.25) is 0 Å². The van der Waals surface area contributed by atoms with Gasteiger partial charge in [-0.05, 0) is 31.0 Å². The number of para-hydroxylation sites is 2. The van der Waals surface area contributed by atoms with E-state index in [1.807, 2.05) is 36.4 Å². The summed E-state index contributed by atoms with van der Waals surface area (Å²) in [7, 11) is 0. The van der Waals surface area contributed by atoms with Gasteiger partial charge in [0.15, 0.2) is 0 Å². The van der Waals surface area contributed by atoms with Crippen LogP contribution in [0.4, 0.5) is 0 Å². The predicted molar refractivity (Wildman–Crippen MR) is 82.1 cm³/mol. The molecular formula is C16H19NOS. The molecule has 2 rings (SSSR count). The number of ether oxygens (including phenoxy) is 1. The summed E-state index contributed by atoms with van der Waals surface area (Å²) in [5.74, 6) is 1.84. The Morgan fingerprint density at radius 3 is 2.42 bits per heavy atom. The lowest BCUT2D eigenvalue weighted by Gasteiger charge is -2.13. The Labute approximate surface area is 119 Å². The molecule has 0 aliphatic rings. The highest BCUT2D eigenvalue weighted by Crippen LogP contribution is 2.32. The molecule has 0 heterocycles. The molecule has 0 aliphatic carbocycles. The van der Waals surface area contributed by atoms with Crippen molar-refractivity contribution in [2.45, 2.75) is 18.4 Å². The van der Waals surface area contributed by atoms with Crippen LogP contribution in [-0.4, -0.2) is 12.8 Å². The van der Waals surface area contributed by atoms with Crippen LogP contribution in [0.15, 0.2) is 53.4 Å². The van der Waals surface area contributed by atoms with E-state index >= 15 is 0 Å². The van der Waals surface area contributed by atoms with E-state index in [1.54, 1.807) is 11.8 Å². The molecule has 0 spiro atoms. The predicted octanol–water partition coefficient (Wildman–Crippen LogP) is 4.31. The number of nitrogens with one attached hydrogen (secondary N) is 1. The molecule has 0 atom stereocenters. The molecule has 0 bridgehead atoms. The second-order valence-corrected chi connectivity index (χ2v) is 4.99. The maximum Gasteiger partial charge on any atom is 0.140 e. The summed E-state index contributed by atoms with van der Waals surface area (Å²) in [4.78, 5) is 1.15. The van der Waals surface area contributed by atoms with Crippen LogP contribution in [0.2, 0.25) is 0 Å². The molecule has 100 valence electrons. The largest absolute Gasteiger partial charge is 0.456 e. The lowest BCUT2D eigenvalue weighted by Crippen LogP contribution is -2.12. The van der Waals surface area contributed by atoms with Gasteiger partial charge in [0.1, 0.15) is 11.5 Å². The van der Waals surface area contributed by atoms with Crippen LogP contribution in [0.5, 0.6) is 11.5 Å². The first-order valence-corrected chi connectivity index (χ1v) is 7.67. The second-order valence-electron chi connectivity index (χ2n) is 4.14. The van der Waals surface area contributed by atoms with Crippen molar-refractivity contribution in [3.8, 4) is 11.5 Å². The molecule has 0 saturated heterocycles. The van der Waals surface area contributed by atoms with Crippen LogP contribution in [0, 0.1) is 0 Å². The van der Waals surface area contributed by atoms with Crippen LogP contribution in [0.3, 0.4) is 0 Å². The lowest BCUT2D eigenvalue weighted by atomic mass is 10.2. The molecule has 0 aliphatic heterocycles. The molecule has 0 radical (unpaired) electrons. The van der Waals surface area contributed by atoms with E-state index in [2.05, 4.69) is 30.6 Å². The van der Waals surface area contributed by atoms with Gasteiger partial charge >= 0.3 is 0 Å². The first-order valence-electron chi connectivity index (χ1n) is 6.44. The monoisotopic (exact) mass is 273 g/mol. The quantitative estimate of drug-likeness (QED) is 0.792. The molecular weight excluding hydrogens is 254 g/mol. The normalized spacial score (nSPS) is 10.4. The molecule has 0 aromatic heterocycles. The molecule has 0 fully saturated rings. The van der Waals surface area contributed by atoms with Gasteiger partial charge in [-0.15, -0.1) is 11.8 Å². The minimum atomic E-state index is 0.827. The second kappa shape index (κ2) is 7.22. The molecule has 2 aromatic carbocycles. The molecule has 19 heavy (non-hydrogen) atoms. The van der Waals surface area contributed by atoms with Crippen LogP contribution in [0.25, 0.3) is 0 Å². The molecule has 1 N–H and O–H groups in total. The SMILES string of the molecule is CCNCc1ccccc1Oc1ccccc1SC. The molecule has 3 heteroatoms. The highest BCUT2D eigenvalue weighted by Gasteiger charge is 2.06. The summed E-state index contributed by atoms with van der Waals surface area (Å²) < 4.78 is 6.07. The molecule has 2 aromatic rings. The van der Waals surface area contributed by atoms with Crippen LogP contribution >= 0.6 is 11.8 Å². The third kappa shape index (κ3) is 3.75. The Bertz CT molecular complexity index is 528. The van der Waals surface area contributed by atoms with Gasteiger partial charge in [-0.2, -0.15) is 0 Å². The Hall–Kier alpha value is -1.45. The van der Waals surface area contributed by atoms with Crippen molar-refractivity contribution in [1.29, 1.82) is 0 Å². The Kier molecular flexibility index (Phi) is 5.31. The van der Waals surface area contributed by atoms with Crippen LogP contribution < -0.4 is 10.1 Å². The Balaban J connectivity index is 2.22. The highest BCUT2D eigenvalue weighted by atomic mass is 32.2. The minimum absolute atomic E-state index is 0.827. The first-order chi connectivity index (χ1) is 9.35. The third-order valence-electron chi connectivity index (χ3n) is 2.83. The van der Waals surface area contributed by atoms with E-state index in [0.29, 0.717) is 0 Å². The molecule has 2 nitrogen and oxygen atoms in total. The average molecular weight is 273 g/mol. The number of hydrogen-bond donors (Lipinski definition) is 1. The average Bonchev–Trinajstić information content (AvgIpc) is 2.47. The van der Waals surface area contributed by atoms with E-state index in [9.17, 15) is 0 Å².